The van der Waals surface area contributed by atoms with Crippen molar-refractivity contribution in [2.45, 2.75) is 32.3 Å². The Kier molecular flexibility index (Phi) is 4.27. The molecule has 5 nitrogen and oxygen atoms in total. The van der Waals surface area contributed by atoms with Crippen molar-refractivity contribution in [2.75, 3.05) is 11.9 Å². The van der Waals surface area contributed by atoms with Crippen molar-refractivity contribution in [3.05, 3.63) is 32.8 Å². The number of nitrogens with one attached hydrogen (secondary N) is 1. The van der Waals surface area contributed by atoms with Crippen LogP contribution < -0.4 is 5.32 Å². The molecule has 2 N–H and O–H groups in total. The number of aryl methyl sites for hydroxylation is 1. The number of nitrogens with zero attached hydrogens (tertiary/aromatic N) is 1. The van der Waals surface area contributed by atoms with Crippen molar-refractivity contribution < 1.29 is 10.0 Å². The third-order valence-electron chi connectivity index (χ3n) is 3.56. The van der Waals surface area contributed by atoms with Crippen LogP contribution in [0.2, 0.25) is 5.02 Å². The van der Waals surface area contributed by atoms with E-state index in [1.54, 1.807) is 6.92 Å². The van der Waals surface area contributed by atoms with Gasteiger partial charge in [0.05, 0.1) is 21.7 Å². The molecule has 1 aromatic carbocycles. The number of aliphatic hydroxyl groups excluding tert-OH is 1. The average molecular weight is 285 g/mol. The number of halogens is 1. The minimum atomic E-state index is -0.448. The lowest BCUT2D eigenvalue weighted by Gasteiger charge is -2.15. The summed E-state index contributed by atoms with van der Waals surface area (Å²) in [4.78, 5) is 10.3. The first-order valence-electron chi connectivity index (χ1n) is 6.34. The molecule has 0 bridgehead atoms. The molecule has 0 saturated heterocycles. The smallest absolute Gasteiger partial charge is 0.271 e. The Labute approximate surface area is 116 Å². The molecular weight excluding hydrogens is 268 g/mol. The van der Waals surface area contributed by atoms with Crippen LogP contribution in [-0.2, 0) is 0 Å². The number of anilines is 1. The second-order valence-corrected chi connectivity index (χ2v) is 5.50. The molecule has 19 heavy (non-hydrogen) atoms. The molecule has 1 aromatic rings. The molecule has 2 unspecified atom stereocenters. The van der Waals surface area contributed by atoms with Crippen LogP contribution in [0.15, 0.2) is 12.1 Å². The zero-order chi connectivity index (χ0) is 14.0. The van der Waals surface area contributed by atoms with Gasteiger partial charge in [0.15, 0.2) is 0 Å². The fourth-order valence-electron chi connectivity index (χ4n) is 2.54. The van der Waals surface area contributed by atoms with Gasteiger partial charge in [-0.15, -0.1) is 0 Å². The van der Waals surface area contributed by atoms with E-state index in [-0.39, 0.29) is 11.8 Å². The van der Waals surface area contributed by atoms with Gasteiger partial charge in [0.2, 0.25) is 0 Å². The van der Waals surface area contributed by atoms with Crippen molar-refractivity contribution in [3.8, 4) is 0 Å². The van der Waals surface area contributed by atoms with Crippen LogP contribution in [0, 0.1) is 23.0 Å². The Balaban J connectivity index is 2.06. The molecule has 2 atom stereocenters. The minimum Gasteiger partial charge on any atom is -0.393 e. The molecule has 1 aliphatic carbocycles. The Morgan fingerprint density at radius 3 is 2.79 bits per heavy atom. The lowest BCUT2D eigenvalue weighted by molar-refractivity contribution is -0.384. The molecule has 0 heterocycles. The average Bonchev–Trinajstić information content (AvgIpc) is 2.73. The van der Waals surface area contributed by atoms with Crippen LogP contribution in [0.3, 0.4) is 0 Å². The first kappa shape index (κ1) is 14.1. The second-order valence-electron chi connectivity index (χ2n) is 5.09. The monoisotopic (exact) mass is 284 g/mol. The third kappa shape index (κ3) is 3.36. The largest absolute Gasteiger partial charge is 0.393 e. The van der Waals surface area contributed by atoms with Gasteiger partial charge in [0.25, 0.3) is 5.69 Å². The van der Waals surface area contributed by atoms with Gasteiger partial charge < -0.3 is 10.4 Å². The molecule has 0 amide bonds. The molecule has 0 spiro atoms. The van der Waals surface area contributed by atoms with Crippen LogP contribution >= 0.6 is 11.6 Å². The fourth-order valence-corrected chi connectivity index (χ4v) is 2.86. The van der Waals surface area contributed by atoms with E-state index in [4.69, 9.17) is 11.6 Å². The summed E-state index contributed by atoms with van der Waals surface area (Å²) in [6.45, 7) is 2.53. The molecule has 1 fully saturated rings. The Morgan fingerprint density at radius 2 is 2.26 bits per heavy atom. The first-order chi connectivity index (χ1) is 8.97. The normalized spacial score (nSPS) is 22.5. The van der Waals surface area contributed by atoms with Crippen molar-refractivity contribution >= 4 is 23.0 Å². The van der Waals surface area contributed by atoms with E-state index >= 15 is 0 Å². The highest BCUT2D eigenvalue weighted by Gasteiger charge is 2.23. The van der Waals surface area contributed by atoms with Gasteiger partial charge in [0, 0.05) is 18.7 Å². The highest BCUT2D eigenvalue weighted by Crippen LogP contribution is 2.32. The number of rotatable bonds is 4. The van der Waals surface area contributed by atoms with E-state index in [1.165, 1.54) is 12.1 Å². The van der Waals surface area contributed by atoms with Crippen LogP contribution in [0.4, 0.5) is 11.4 Å². The van der Waals surface area contributed by atoms with E-state index in [0.717, 1.165) is 37.1 Å². The van der Waals surface area contributed by atoms with Crippen LogP contribution in [-0.4, -0.2) is 22.7 Å². The van der Waals surface area contributed by atoms with Crippen LogP contribution in [0.5, 0.6) is 0 Å². The molecule has 1 aliphatic rings. The van der Waals surface area contributed by atoms with Crippen LogP contribution in [0.25, 0.3) is 0 Å². The van der Waals surface area contributed by atoms with Crippen molar-refractivity contribution in [1.82, 2.24) is 0 Å². The van der Waals surface area contributed by atoms with Gasteiger partial charge in [-0.05, 0) is 37.7 Å². The van der Waals surface area contributed by atoms with E-state index in [1.807, 2.05) is 0 Å². The number of non-ortho nitro benzene ring substituents is 1. The predicted octanol–water partition coefficient (Wildman–Crippen LogP) is 3.13. The SMILES string of the molecule is Cc1cc([N+](=O)[O-])cc(Cl)c1NCC1CCC(O)C1. The van der Waals surface area contributed by atoms with Crippen molar-refractivity contribution in [2.24, 2.45) is 5.92 Å². The van der Waals surface area contributed by atoms with Crippen molar-refractivity contribution in [1.29, 1.82) is 0 Å². The van der Waals surface area contributed by atoms with Gasteiger partial charge in [-0.25, -0.2) is 0 Å². The molecule has 0 aliphatic heterocycles. The summed E-state index contributed by atoms with van der Waals surface area (Å²) in [7, 11) is 0. The number of aliphatic hydroxyl groups is 1. The number of benzene rings is 1. The van der Waals surface area contributed by atoms with Crippen LogP contribution in [0.1, 0.15) is 24.8 Å². The van der Waals surface area contributed by atoms with Crippen molar-refractivity contribution in [3.63, 3.8) is 0 Å². The highest BCUT2D eigenvalue weighted by molar-refractivity contribution is 6.33. The summed E-state index contributed by atoms with van der Waals surface area (Å²) in [6, 6.07) is 2.87. The molecule has 1 saturated carbocycles. The quantitative estimate of drug-likeness (QED) is 0.658. The summed E-state index contributed by atoms with van der Waals surface area (Å²) >= 11 is 6.08. The molecular formula is C13H17ClN2O3. The first-order valence-corrected chi connectivity index (χ1v) is 6.71. The predicted molar refractivity (Wildman–Crippen MR) is 74.7 cm³/mol. The summed E-state index contributed by atoms with van der Waals surface area (Å²) in [6.07, 6.45) is 2.45. The number of nitro groups is 1. The third-order valence-corrected chi connectivity index (χ3v) is 3.86. The lowest BCUT2D eigenvalue weighted by atomic mass is 10.1. The molecule has 2 rings (SSSR count). The fraction of sp³-hybridized carbons (Fsp3) is 0.538. The summed E-state index contributed by atoms with van der Waals surface area (Å²) in [5, 5.41) is 23.8. The lowest BCUT2D eigenvalue weighted by Crippen LogP contribution is -2.13. The van der Waals surface area contributed by atoms with E-state index in [9.17, 15) is 15.2 Å². The zero-order valence-electron chi connectivity index (χ0n) is 10.7. The van der Waals surface area contributed by atoms with E-state index in [0.29, 0.717) is 10.9 Å². The zero-order valence-corrected chi connectivity index (χ0v) is 11.5. The summed E-state index contributed by atoms with van der Waals surface area (Å²) in [5.74, 6) is 0.431. The summed E-state index contributed by atoms with van der Waals surface area (Å²) < 4.78 is 0. The number of nitro benzene ring substituents is 1. The standard InChI is InChI=1S/C13H17ClN2O3/c1-8-4-10(16(18)19)6-12(14)13(8)15-7-9-2-3-11(17)5-9/h4,6,9,11,15,17H,2-3,5,7H2,1H3. The van der Waals surface area contributed by atoms with Gasteiger partial charge >= 0.3 is 0 Å². The molecule has 104 valence electrons. The number of hydrogen-bond acceptors (Lipinski definition) is 4. The van der Waals surface area contributed by atoms with Gasteiger partial charge in [0.1, 0.15) is 0 Å². The Bertz CT molecular complexity index is 470. The number of hydrogen-bond donors (Lipinski definition) is 2. The highest BCUT2D eigenvalue weighted by atomic mass is 35.5. The van der Waals surface area contributed by atoms with E-state index < -0.39 is 4.92 Å². The molecule has 0 aromatic heterocycles. The van der Waals surface area contributed by atoms with Gasteiger partial charge in [-0.1, -0.05) is 11.6 Å². The molecule has 6 heteroatoms. The van der Waals surface area contributed by atoms with Gasteiger partial charge in [-0.2, -0.15) is 0 Å². The van der Waals surface area contributed by atoms with E-state index in [2.05, 4.69) is 5.32 Å². The second kappa shape index (κ2) is 5.75. The topological polar surface area (TPSA) is 75.4 Å². The maximum absolute atomic E-state index is 10.7. The maximum atomic E-state index is 10.7. The Hall–Kier alpha value is -1.33. The van der Waals surface area contributed by atoms with Gasteiger partial charge in [-0.3, -0.25) is 10.1 Å². The molecule has 0 radical (unpaired) electrons. The maximum Gasteiger partial charge on any atom is 0.271 e. The summed E-state index contributed by atoms with van der Waals surface area (Å²) in [5.41, 5.74) is 1.51. The Morgan fingerprint density at radius 1 is 1.53 bits per heavy atom. The minimum absolute atomic E-state index is 0.00402.